The van der Waals surface area contributed by atoms with Crippen molar-refractivity contribution in [3.63, 3.8) is 0 Å². The molecule has 0 saturated heterocycles. The van der Waals surface area contributed by atoms with Gasteiger partial charge < -0.3 is 0 Å². The van der Waals surface area contributed by atoms with Crippen LogP contribution >= 0.6 is 0 Å². The molecule has 0 bridgehead atoms. The molecular weight excluding hydrogens is 208 g/mol. The van der Waals surface area contributed by atoms with Crippen LogP contribution < -0.4 is 0 Å². The summed E-state index contributed by atoms with van der Waals surface area (Å²) in [5.74, 6) is 0.830. The molecule has 0 spiro atoms. The Hall–Kier alpha value is -0.310. The molecule has 1 aliphatic heterocycles. The summed E-state index contributed by atoms with van der Waals surface area (Å²) in [6.45, 7) is 6.65. The Morgan fingerprint density at radius 3 is 2.60 bits per heavy atom. The Kier molecular flexibility index (Phi) is 2.49. The van der Waals surface area contributed by atoms with E-state index in [0.29, 0.717) is 5.92 Å². The van der Waals surface area contributed by atoms with Gasteiger partial charge in [0.25, 0.3) is 0 Å². The molecule has 15 heavy (non-hydrogen) atoms. The predicted molar refractivity (Wildman–Crippen MR) is 62.5 cm³/mol. The van der Waals surface area contributed by atoms with Crippen LogP contribution in [0.25, 0.3) is 0 Å². The molecule has 2 aliphatic rings. The van der Waals surface area contributed by atoms with Crippen molar-refractivity contribution in [1.82, 2.24) is 0 Å². The highest BCUT2D eigenvalue weighted by Gasteiger charge is 2.41. The fourth-order valence-corrected chi connectivity index (χ4v) is 4.65. The lowest BCUT2D eigenvalue weighted by molar-refractivity contribution is 0.199. The van der Waals surface area contributed by atoms with Crippen molar-refractivity contribution >= 4 is 9.84 Å². The molecule has 0 N–H and O–H groups in total. The first-order valence-corrected chi connectivity index (χ1v) is 7.43. The number of hydrogen-bond donors (Lipinski definition) is 0. The van der Waals surface area contributed by atoms with Crippen LogP contribution in [0.2, 0.25) is 0 Å². The Labute approximate surface area is 92.7 Å². The van der Waals surface area contributed by atoms with Gasteiger partial charge in [0.05, 0.1) is 11.0 Å². The summed E-state index contributed by atoms with van der Waals surface area (Å²) >= 11 is 0. The van der Waals surface area contributed by atoms with Crippen LogP contribution in [-0.2, 0) is 9.84 Å². The molecule has 1 saturated carbocycles. The molecule has 0 aromatic rings. The third kappa shape index (κ3) is 1.99. The summed E-state index contributed by atoms with van der Waals surface area (Å²) in [6, 6.07) is 0. The minimum atomic E-state index is -2.83. The van der Waals surface area contributed by atoms with Crippen LogP contribution in [0, 0.1) is 11.3 Å². The number of fused-ring (bicyclic) bond motifs is 1. The number of sulfone groups is 1. The topological polar surface area (TPSA) is 34.1 Å². The smallest absolute Gasteiger partial charge is 0.160 e. The SMILES string of the molecule is CC(C)(C)[C@H]1CCC2=CCS(=O)(=O)[C@H]2C1. The molecule has 1 aliphatic carbocycles. The third-order valence-corrected chi connectivity index (χ3v) is 5.92. The molecule has 0 aromatic heterocycles. The van der Waals surface area contributed by atoms with Gasteiger partial charge in [-0.15, -0.1) is 0 Å². The first-order valence-electron chi connectivity index (χ1n) is 5.71. The van der Waals surface area contributed by atoms with E-state index in [0.717, 1.165) is 19.3 Å². The monoisotopic (exact) mass is 228 g/mol. The molecule has 1 fully saturated rings. The summed E-state index contributed by atoms with van der Waals surface area (Å²) < 4.78 is 23.6. The van der Waals surface area contributed by atoms with Gasteiger partial charge in [0, 0.05) is 0 Å². The molecule has 0 radical (unpaired) electrons. The zero-order valence-electron chi connectivity index (χ0n) is 9.79. The highest BCUT2D eigenvalue weighted by Crippen LogP contribution is 2.43. The lowest BCUT2D eigenvalue weighted by Crippen LogP contribution is -2.33. The van der Waals surface area contributed by atoms with Crippen molar-refractivity contribution < 1.29 is 8.42 Å². The average molecular weight is 228 g/mol. The molecule has 0 unspecified atom stereocenters. The highest BCUT2D eigenvalue weighted by atomic mass is 32.2. The van der Waals surface area contributed by atoms with Crippen molar-refractivity contribution in [2.45, 2.75) is 45.3 Å². The fraction of sp³-hybridized carbons (Fsp3) is 0.833. The van der Waals surface area contributed by atoms with Crippen LogP contribution in [0.5, 0.6) is 0 Å². The maximum Gasteiger partial charge on any atom is 0.160 e. The van der Waals surface area contributed by atoms with Crippen LogP contribution in [0.15, 0.2) is 11.6 Å². The van der Waals surface area contributed by atoms with Crippen molar-refractivity contribution in [2.75, 3.05) is 5.75 Å². The van der Waals surface area contributed by atoms with E-state index in [9.17, 15) is 8.42 Å². The van der Waals surface area contributed by atoms with E-state index in [-0.39, 0.29) is 16.4 Å². The Morgan fingerprint density at radius 1 is 1.33 bits per heavy atom. The van der Waals surface area contributed by atoms with Crippen molar-refractivity contribution in [1.29, 1.82) is 0 Å². The molecule has 0 aromatic carbocycles. The molecule has 3 heteroatoms. The van der Waals surface area contributed by atoms with Crippen LogP contribution in [0.1, 0.15) is 40.0 Å². The second kappa shape index (κ2) is 3.34. The number of rotatable bonds is 0. The molecule has 1 heterocycles. The van der Waals surface area contributed by atoms with Gasteiger partial charge in [0.2, 0.25) is 0 Å². The normalized spacial score (nSPS) is 34.7. The van der Waals surface area contributed by atoms with E-state index in [4.69, 9.17) is 0 Å². The Morgan fingerprint density at radius 2 is 2.00 bits per heavy atom. The zero-order chi connectivity index (χ0) is 11.3. The lowest BCUT2D eigenvalue weighted by atomic mass is 9.71. The second-order valence-corrected chi connectivity index (χ2v) is 8.16. The number of hydrogen-bond acceptors (Lipinski definition) is 2. The maximum atomic E-state index is 11.8. The second-order valence-electron chi connectivity index (χ2n) is 5.93. The molecule has 2 nitrogen and oxygen atoms in total. The van der Waals surface area contributed by atoms with Crippen molar-refractivity contribution in [2.24, 2.45) is 11.3 Å². The van der Waals surface area contributed by atoms with Gasteiger partial charge in [-0.1, -0.05) is 32.4 Å². The van der Waals surface area contributed by atoms with Crippen molar-refractivity contribution in [3.05, 3.63) is 11.6 Å². The quantitative estimate of drug-likeness (QED) is 0.597. The van der Waals surface area contributed by atoms with Gasteiger partial charge in [-0.2, -0.15) is 0 Å². The van der Waals surface area contributed by atoms with Crippen LogP contribution in [0.3, 0.4) is 0 Å². The van der Waals surface area contributed by atoms with Gasteiger partial charge >= 0.3 is 0 Å². The van der Waals surface area contributed by atoms with E-state index in [1.807, 2.05) is 6.08 Å². The molecule has 86 valence electrons. The van der Waals surface area contributed by atoms with Crippen LogP contribution in [0.4, 0.5) is 0 Å². The summed E-state index contributed by atoms with van der Waals surface area (Å²) in [4.78, 5) is 0. The van der Waals surface area contributed by atoms with E-state index >= 15 is 0 Å². The summed E-state index contributed by atoms with van der Waals surface area (Å²) in [6.07, 6.45) is 4.93. The first-order chi connectivity index (χ1) is 6.81. The molecular formula is C12H20O2S. The summed E-state index contributed by atoms with van der Waals surface area (Å²) in [7, 11) is -2.83. The van der Waals surface area contributed by atoms with E-state index in [1.165, 1.54) is 5.57 Å². The standard InChI is InChI=1S/C12H20O2S/c1-12(2,3)10-5-4-9-6-7-15(13,14)11(9)8-10/h6,10-11H,4-5,7-8H2,1-3H3/t10-,11-/m0/s1. The average Bonchev–Trinajstić information content (AvgIpc) is 2.41. The lowest BCUT2D eigenvalue weighted by Gasteiger charge is -2.37. The summed E-state index contributed by atoms with van der Waals surface area (Å²) in [5, 5.41) is -0.143. The minimum Gasteiger partial charge on any atom is -0.228 e. The Bertz CT molecular complexity index is 384. The maximum absolute atomic E-state index is 11.8. The van der Waals surface area contributed by atoms with E-state index < -0.39 is 9.84 Å². The predicted octanol–water partition coefficient (Wildman–Crippen LogP) is 2.56. The first kappa shape index (κ1) is 11.2. The van der Waals surface area contributed by atoms with Gasteiger partial charge in [0.1, 0.15) is 0 Å². The Balaban J connectivity index is 2.21. The fourth-order valence-electron chi connectivity index (χ4n) is 2.77. The molecule has 0 amide bonds. The summed E-state index contributed by atoms with van der Waals surface area (Å²) in [5.41, 5.74) is 1.43. The van der Waals surface area contributed by atoms with E-state index in [1.54, 1.807) is 0 Å². The largest absolute Gasteiger partial charge is 0.228 e. The van der Waals surface area contributed by atoms with Gasteiger partial charge in [-0.05, 0) is 30.6 Å². The van der Waals surface area contributed by atoms with E-state index in [2.05, 4.69) is 20.8 Å². The van der Waals surface area contributed by atoms with Gasteiger partial charge in [-0.25, -0.2) is 8.42 Å². The van der Waals surface area contributed by atoms with Crippen LogP contribution in [-0.4, -0.2) is 19.4 Å². The highest BCUT2D eigenvalue weighted by molar-refractivity contribution is 7.92. The third-order valence-electron chi connectivity index (χ3n) is 3.93. The van der Waals surface area contributed by atoms with Crippen molar-refractivity contribution in [3.8, 4) is 0 Å². The van der Waals surface area contributed by atoms with Gasteiger partial charge in [0.15, 0.2) is 9.84 Å². The molecule has 2 rings (SSSR count). The van der Waals surface area contributed by atoms with Gasteiger partial charge in [-0.3, -0.25) is 0 Å². The zero-order valence-corrected chi connectivity index (χ0v) is 10.6. The molecule has 2 atom stereocenters. The minimum absolute atomic E-state index is 0.143.